The molecule has 1 unspecified atom stereocenters. The number of nitrogens with zero attached hydrogens (tertiary/aromatic N) is 5. The highest BCUT2D eigenvalue weighted by atomic mass is 35.5. The predicted molar refractivity (Wildman–Crippen MR) is 112 cm³/mol. The van der Waals surface area contributed by atoms with Crippen LogP contribution < -0.4 is 5.69 Å². The van der Waals surface area contributed by atoms with Crippen LogP contribution in [0.5, 0.6) is 0 Å². The van der Waals surface area contributed by atoms with Crippen LogP contribution in [0.25, 0.3) is 5.69 Å². The number of aromatic nitrogens is 5. The van der Waals surface area contributed by atoms with Gasteiger partial charge < -0.3 is 10.2 Å². The second kappa shape index (κ2) is 9.24. The van der Waals surface area contributed by atoms with E-state index >= 15 is 0 Å². The molecule has 0 aliphatic heterocycles. The molecule has 0 saturated carbocycles. The minimum Gasteiger partial charge on any atom is -0.385 e. The van der Waals surface area contributed by atoms with Crippen molar-refractivity contribution in [1.29, 1.82) is 0 Å². The standard InChI is InChI=1S/C17H14Cl4F3N5O3/c1-7(30)15-25-12(29(26-15)10-3-8(18)2-9(19)4-10)6-28-14(21)13(20)27(16(28)32)5-11(31)17(22,23)24/h2-4,7,11,30-31H,5-6H2,1H3/t7-,11?/m0/s1. The highest BCUT2D eigenvalue weighted by Gasteiger charge is 2.39. The Balaban J connectivity index is 2.08. The molecule has 0 saturated heterocycles. The van der Waals surface area contributed by atoms with Gasteiger partial charge in [0, 0.05) is 10.0 Å². The van der Waals surface area contributed by atoms with Crippen molar-refractivity contribution in [2.24, 2.45) is 0 Å². The molecule has 3 rings (SSSR count). The third kappa shape index (κ3) is 5.08. The first-order chi connectivity index (χ1) is 14.8. The molecule has 2 aromatic heterocycles. The Morgan fingerprint density at radius 3 is 2.12 bits per heavy atom. The van der Waals surface area contributed by atoms with E-state index in [1.165, 1.54) is 29.8 Å². The third-order valence-electron chi connectivity index (χ3n) is 4.29. The number of imidazole rings is 1. The Bertz CT molecular complexity index is 1190. The van der Waals surface area contributed by atoms with Gasteiger partial charge in [-0.25, -0.2) is 14.5 Å². The quantitative estimate of drug-likeness (QED) is 0.500. The van der Waals surface area contributed by atoms with Gasteiger partial charge in [-0.05, 0) is 25.1 Å². The summed E-state index contributed by atoms with van der Waals surface area (Å²) in [7, 11) is 0. The highest BCUT2D eigenvalue weighted by Crippen LogP contribution is 2.27. The molecule has 3 aromatic rings. The van der Waals surface area contributed by atoms with Gasteiger partial charge in [-0.1, -0.05) is 46.4 Å². The van der Waals surface area contributed by atoms with Crippen molar-refractivity contribution in [3.05, 3.63) is 60.7 Å². The van der Waals surface area contributed by atoms with Gasteiger partial charge in [0.2, 0.25) is 0 Å². The molecule has 0 fully saturated rings. The van der Waals surface area contributed by atoms with Crippen LogP contribution in [0, 0.1) is 0 Å². The van der Waals surface area contributed by atoms with Crippen LogP contribution in [0.1, 0.15) is 24.7 Å². The zero-order valence-electron chi connectivity index (χ0n) is 16.0. The van der Waals surface area contributed by atoms with Crippen molar-refractivity contribution in [2.45, 2.75) is 38.4 Å². The number of hydrogen-bond acceptors (Lipinski definition) is 5. The lowest BCUT2D eigenvalue weighted by Crippen LogP contribution is -2.37. The van der Waals surface area contributed by atoms with Gasteiger partial charge in [-0.2, -0.15) is 13.2 Å². The van der Waals surface area contributed by atoms with Gasteiger partial charge in [0.1, 0.15) is 16.4 Å². The molecule has 174 valence electrons. The summed E-state index contributed by atoms with van der Waals surface area (Å²) in [5, 5.41) is 23.0. The molecule has 0 spiro atoms. The van der Waals surface area contributed by atoms with Crippen molar-refractivity contribution < 1.29 is 23.4 Å². The van der Waals surface area contributed by atoms with Gasteiger partial charge in [-0.15, -0.1) is 5.10 Å². The molecule has 2 heterocycles. The molecule has 32 heavy (non-hydrogen) atoms. The first-order valence-electron chi connectivity index (χ1n) is 8.79. The molecular formula is C17H14Cl4F3N5O3. The van der Waals surface area contributed by atoms with Gasteiger partial charge in [0.25, 0.3) is 0 Å². The minimum absolute atomic E-state index is 0.00158. The lowest BCUT2D eigenvalue weighted by molar-refractivity contribution is -0.207. The molecule has 0 radical (unpaired) electrons. The van der Waals surface area contributed by atoms with E-state index in [1.54, 1.807) is 0 Å². The number of alkyl halides is 3. The summed E-state index contributed by atoms with van der Waals surface area (Å²) < 4.78 is 40.8. The van der Waals surface area contributed by atoms with Crippen molar-refractivity contribution >= 4 is 46.4 Å². The lowest BCUT2D eigenvalue weighted by Gasteiger charge is -2.14. The average Bonchev–Trinajstić information content (AvgIpc) is 3.18. The summed E-state index contributed by atoms with van der Waals surface area (Å²) in [6.07, 6.45) is -8.87. The van der Waals surface area contributed by atoms with Gasteiger partial charge >= 0.3 is 11.9 Å². The summed E-state index contributed by atoms with van der Waals surface area (Å²) in [6, 6.07) is 4.48. The van der Waals surface area contributed by atoms with Crippen molar-refractivity contribution in [3.63, 3.8) is 0 Å². The van der Waals surface area contributed by atoms with Crippen LogP contribution in [0.4, 0.5) is 13.2 Å². The molecule has 0 aliphatic rings. The van der Waals surface area contributed by atoms with E-state index in [4.69, 9.17) is 46.4 Å². The van der Waals surface area contributed by atoms with E-state index in [2.05, 4.69) is 10.1 Å². The lowest BCUT2D eigenvalue weighted by atomic mass is 10.3. The molecule has 0 amide bonds. The maximum Gasteiger partial charge on any atom is 0.416 e. The Kier molecular flexibility index (Phi) is 7.18. The maximum absolute atomic E-state index is 12.7. The largest absolute Gasteiger partial charge is 0.416 e. The van der Waals surface area contributed by atoms with E-state index < -0.39 is 35.8 Å². The molecule has 1 aromatic carbocycles. The fraction of sp³-hybridized carbons (Fsp3) is 0.353. The Labute approximate surface area is 198 Å². The number of halogens is 7. The number of hydrogen-bond donors (Lipinski definition) is 2. The van der Waals surface area contributed by atoms with Gasteiger partial charge in [0.15, 0.2) is 17.8 Å². The summed E-state index contributed by atoms with van der Waals surface area (Å²) >= 11 is 24.1. The van der Waals surface area contributed by atoms with E-state index in [-0.39, 0.29) is 33.4 Å². The molecule has 0 aliphatic carbocycles. The maximum atomic E-state index is 12.7. The van der Waals surface area contributed by atoms with Crippen LogP contribution >= 0.6 is 46.4 Å². The summed E-state index contributed by atoms with van der Waals surface area (Å²) in [5.74, 6) is 0.0757. The van der Waals surface area contributed by atoms with Crippen molar-refractivity contribution in [2.75, 3.05) is 0 Å². The van der Waals surface area contributed by atoms with Crippen LogP contribution in [-0.4, -0.2) is 46.4 Å². The molecular weight excluding hydrogens is 521 g/mol. The smallest absolute Gasteiger partial charge is 0.385 e. The topological polar surface area (TPSA) is 98.1 Å². The van der Waals surface area contributed by atoms with Gasteiger partial charge in [-0.3, -0.25) is 9.13 Å². The first-order valence-corrected chi connectivity index (χ1v) is 10.3. The summed E-state index contributed by atoms with van der Waals surface area (Å²) in [6.45, 7) is -0.112. The first kappa shape index (κ1) is 24.9. The summed E-state index contributed by atoms with van der Waals surface area (Å²) in [5.41, 5.74) is -0.667. The SMILES string of the molecule is C[C@H](O)c1nc(Cn2c(Cl)c(Cl)n(CC(O)C(F)(F)F)c2=O)n(-c2cc(Cl)cc(Cl)c2)n1. The second-order valence-electron chi connectivity index (χ2n) is 6.72. The zero-order chi connectivity index (χ0) is 24.0. The Hall–Kier alpha value is -1.76. The molecule has 15 heteroatoms. The number of aliphatic hydroxyl groups excluding tert-OH is 2. The van der Waals surface area contributed by atoms with Crippen LogP contribution in [-0.2, 0) is 13.1 Å². The van der Waals surface area contributed by atoms with E-state index in [9.17, 15) is 28.2 Å². The number of aliphatic hydroxyl groups is 2. The monoisotopic (exact) mass is 533 g/mol. The third-order valence-corrected chi connectivity index (χ3v) is 5.59. The van der Waals surface area contributed by atoms with Crippen LogP contribution in [0.2, 0.25) is 20.4 Å². The van der Waals surface area contributed by atoms with Gasteiger partial charge in [0.05, 0.1) is 18.8 Å². The molecule has 0 bridgehead atoms. The zero-order valence-corrected chi connectivity index (χ0v) is 19.0. The summed E-state index contributed by atoms with van der Waals surface area (Å²) in [4.78, 5) is 16.9. The Morgan fingerprint density at radius 1 is 1.03 bits per heavy atom. The van der Waals surface area contributed by atoms with E-state index in [1.807, 2.05) is 0 Å². The van der Waals surface area contributed by atoms with Crippen molar-refractivity contribution in [1.82, 2.24) is 23.9 Å². The molecule has 2 N–H and O–H groups in total. The number of benzene rings is 1. The fourth-order valence-electron chi connectivity index (χ4n) is 2.76. The number of rotatable bonds is 6. The minimum atomic E-state index is -4.96. The molecule has 2 atom stereocenters. The molecule has 8 nitrogen and oxygen atoms in total. The fourth-order valence-corrected chi connectivity index (χ4v) is 3.75. The van der Waals surface area contributed by atoms with E-state index in [0.29, 0.717) is 10.3 Å². The predicted octanol–water partition coefficient (Wildman–Crippen LogP) is 3.87. The average molecular weight is 535 g/mol. The van der Waals surface area contributed by atoms with Crippen LogP contribution in [0.15, 0.2) is 23.0 Å². The van der Waals surface area contributed by atoms with E-state index in [0.717, 1.165) is 4.57 Å². The Morgan fingerprint density at radius 2 is 1.59 bits per heavy atom. The normalized spacial score (nSPS) is 14.1. The highest BCUT2D eigenvalue weighted by molar-refractivity contribution is 6.40. The second-order valence-corrected chi connectivity index (χ2v) is 8.31. The van der Waals surface area contributed by atoms with Crippen molar-refractivity contribution in [3.8, 4) is 5.69 Å². The van der Waals surface area contributed by atoms with Crippen LogP contribution in [0.3, 0.4) is 0 Å².